The smallest absolute Gasteiger partial charge is 0.240 e. The number of nitrogens with one attached hydrogen (secondary N) is 2. The molecule has 2 aromatic carbocycles. The number of hydrogen-bond donors (Lipinski definition) is 3. The topological polar surface area (TPSA) is 101 Å². The van der Waals surface area contributed by atoms with Gasteiger partial charge in [0.1, 0.15) is 0 Å². The predicted molar refractivity (Wildman–Crippen MR) is 104 cm³/mol. The summed E-state index contributed by atoms with van der Waals surface area (Å²) < 4.78 is 26.8. The third kappa shape index (κ3) is 4.49. The normalized spacial score (nSPS) is 12.0. The van der Waals surface area contributed by atoms with Crippen LogP contribution in [-0.4, -0.2) is 27.4 Å². The molecule has 0 fully saturated rings. The Bertz CT molecular complexity index is 892. The molecule has 0 atom stereocenters. The van der Waals surface area contributed by atoms with Crippen LogP contribution in [0.4, 0.5) is 5.69 Å². The Morgan fingerprint density at radius 2 is 1.81 bits per heavy atom. The summed E-state index contributed by atoms with van der Waals surface area (Å²) in [6, 6.07) is 13.9. The van der Waals surface area contributed by atoms with Crippen molar-refractivity contribution in [3.05, 3.63) is 59.7 Å². The highest BCUT2D eigenvalue weighted by molar-refractivity contribution is 7.89. The zero-order valence-electron chi connectivity index (χ0n) is 15.2. The lowest BCUT2D eigenvalue weighted by Crippen LogP contribution is -2.35. The minimum absolute atomic E-state index is 0.0810. The van der Waals surface area contributed by atoms with E-state index in [1.807, 2.05) is 45.0 Å². The molecule has 6 nitrogen and oxygen atoms in total. The molecule has 0 aliphatic rings. The van der Waals surface area contributed by atoms with Gasteiger partial charge in [0.2, 0.25) is 15.9 Å². The van der Waals surface area contributed by atoms with Crippen LogP contribution in [0, 0.1) is 6.92 Å². The summed E-state index contributed by atoms with van der Waals surface area (Å²) in [4.78, 5) is 12.9. The molecule has 140 valence electrons. The highest BCUT2D eigenvalue weighted by Gasteiger charge is 2.31. The highest BCUT2D eigenvalue weighted by atomic mass is 32.2. The first-order valence-electron chi connectivity index (χ1n) is 8.36. The molecule has 0 bridgehead atoms. The molecule has 0 spiro atoms. The van der Waals surface area contributed by atoms with Crippen molar-refractivity contribution in [3.63, 3.8) is 0 Å². The van der Waals surface area contributed by atoms with E-state index in [0.717, 1.165) is 11.1 Å². The Labute approximate surface area is 154 Å². The van der Waals surface area contributed by atoms with Gasteiger partial charge in [0.05, 0.1) is 10.3 Å². The number of nitrogens with two attached hydrogens (primary N) is 1. The van der Waals surface area contributed by atoms with E-state index in [2.05, 4.69) is 10.0 Å². The summed E-state index contributed by atoms with van der Waals surface area (Å²) in [7, 11) is -3.66. The van der Waals surface area contributed by atoms with Crippen LogP contribution in [0.5, 0.6) is 0 Å². The fourth-order valence-electron chi connectivity index (χ4n) is 2.70. The van der Waals surface area contributed by atoms with Crippen LogP contribution < -0.4 is 15.8 Å². The van der Waals surface area contributed by atoms with E-state index in [1.165, 1.54) is 12.1 Å². The number of aryl methyl sites for hydroxylation is 1. The van der Waals surface area contributed by atoms with Gasteiger partial charge in [0.15, 0.2) is 0 Å². The molecule has 7 heteroatoms. The Morgan fingerprint density at radius 3 is 2.46 bits per heavy atom. The van der Waals surface area contributed by atoms with Gasteiger partial charge in [0.25, 0.3) is 0 Å². The summed E-state index contributed by atoms with van der Waals surface area (Å²) >= 11 is 0. The summed E-state index contributed by atoms with van der Waals surface area (Å²) in [5.74, 6) is -0.212. The van der Waals surface area contributed by atoms with E-state index < -0.39 is 15.4 Å². The monoisotopic (exact) mass is 375 g/mol. The van der Waals surface area contributed by atoms with Crippen LogP contribution in [-0.2, 0) is 20.2 Å². The standard InChI is InChI=1S/C19H25N3O3S/c1-14-7-4-5-10-17(14)19(2,3)18(23)22-15-8-6-9-16(13-15)26(24,25)21-12-11-20/h4-10,13,21H,11-12,20H2,1-3H3,(H,22,23). The van der Waals surface area contributed by atoms with Crippen LogP contribution in [0.25, 0.3) is 0 Å². The number of carbonyl (C=O) groups is 1. The number of anilines is 1. The van der Waals surface area contributed by atoms with Gasteiger partial charge in [-0.05, 0) is 50.1 Å². The van der Waals surface area contributed by atoms with Crippen molar-refractivity contribution in [2.75, 3.05) is 18.4 Å². The largest absolute Gasteiger partial charge is 0.329 e. The van der Waals surface area contributed by atoms with E-state index in [9.17, 15) is 13.2 Å². The number of rotatable bonds is 7. The first kappa shape index (κ1) is 20.1. The second kappa shape index (κ2) is 7.99. The lowest BCUT2D eigenvalue weighted by molar-refractivity contribution is -0.120. The second-order valence-corrected chi connectivity index (χ2v) is 8.38. The average molecular weight is 375 g/mol. The van der Waals surface area contributed by atoms with Crippen LogP contribution in [0.1, 0.15) is 25.0 Å². The molecule has 2 aromatic rings. The summed E-state index contributed by atoms with van der Waals surface area (Å²) in [6.07, 6.45) is 0. The maximum absolute atomic E-state index is 12.8. The van der Waals surface area contributed by atoms with Gasteiger partial charge in [-0.3, -0.25) is 4.79 Å². The summed E-state index contributed by atoms with van der Waals surface area (Å²) in [5.41, 5.74) is 6.94. The molecular weight excluding hydrogens is 350 g/mol. The molecule has 0 radical (unpaired) electrons. The zero-order valence-corrected chi connectivity index (χ0v) is 16.1. The zero-order chi connectivity index (χ0) is 19.4. The first-order chi connectivity index (χ1) is 12.2. The number of amides is 1. The number of carbonyl (C=O) groups excluding carboxylic acids is 1. The van der Waals surface area contributed by atoms with Gasteiger partial charge in [-0.1, -0.05) is 30.3 Å². The van der Waals surface area contributed by atoms with E-state index >= 15 is 0 Å². The van der Waals surface area contributed by atoms with Gasteiger partial charge >= 0.3 is 0 Å². The fraction of sp³-hybridized carbons (Fsp3) is 0.316. The van der Waals surface area contributed by atoms with Gasteiger partial charge in [-0.15, -0.1) is 0 Å². The van der Waals surface area contributed by atoms with Crippen molar-refractivity contribution in [3.8, 4) is 0 Å². The van der Waals surface area contributed by atoms with Crippen LogP contribution in [0.2, 0.25) is 0 Å². The second-order valence-electron chi connectivity index (χ2n) is 6.61. The number of hydrogen-bond acceptors (Lipinski definition) is 4. The molecule has 4 N–H and O–H groups in total. The lowest BCUT2D eigenvalue weighted by Gasteiger charge is -2.26. The SMILES string of the molecule is Cc1ccccc1C(C)(C)C(=O)Nc1cccc(S(=O)(=O)NCCN)c1. The fourth-order valence-corrected chi connectivity index (χ4v) is 3.79. The molecule has 2 rings (SSSR count). The van der Waals surface area contributed by atoms with E-state index in [1.54, 1.807) is 12.1 Å². The Hall–Kier alpha value is -2.22. The van der Waals surface area contributed by atoms with Crippen LogP contribution in [0.15, 0.2) is 53.4 Å². The third-order valence-electron chi connectivity index (χ3n) is 4.22. The van der Waals surface area contributed by atoms with Gasteiger partial charge in [-0.2, -0.15) is 0 Å². The van der Waals surface area contributed by atoms with Crippen molar-refractivity contribution in [2.45, 2.75) is 31.1 Å². The van der Waals surface area contributed by atoms with Crippen molar-refractivity contribution in [1.82, 2.24) is 4.72 Å². The molecule has 0 aromatic heterocycles. The molecule has 0 heterocycles. The van der Waals surface area contributed by atoms with Gasteiger partial charge in [0, 0.05) is 18.8 Å². The minimum atomic E-state index is -3.66. The maximum atomic E-state index is 12.8. The molecule has 0 saturated carbocycles. The molecule has 0 unspecified atom stereocenters. The Balaban J connectivity index is 2.25. The quantitative estimate of drug-likeness (QED) is 0.690. The number of sulfonamides is 1. The van der Waals surface area contributed by atoms with E-state index in [-0.39, 0.29) is 23.9 Å². The molecule has 0 saturated heterocycles. The van der Waals surface area contributed by atoms with Crippen molar-refractivity contribution >= 4 is 21.6 Å². The number of benzene rings is 2. The van der Waals surface area contributed by atoms with Gasteiger partial charge in [-0.25, -0.2) is 13.1 Å². The minimum Gasteiger partial charge on any atom is -0.329 e. The van der Waals surface area contributed by atoms with Crippen molar-refractivity contribution in [2.24, 2.45) is 5.73 Å². The highest BCUT2D eigenvalue weighted by Crippen LogP contribution is 2.28. The summed E-state index contributed by atoms with van der Waals surface area (Å²) in [6.45, 7) is 6.00. The molecule has 0 aliphatic heterocycles. The molecule has 26 heavy (non-hydrogen) atoms. The van der Waals surface area contributed by atoms with Crippen molar-refractivity contribution < 1.29 is 13.2 Å². The predicted octanol–water partition coefficient (Wildman–Crippen LogP) is 2.15. The lowest BCUT2D eigenvalue weighted by atomic mass is 9.81. The third-order valence-corrected chi connectivity index (χ3v) is 5.68. The molecular formula is C19H25N3O3S. The van der Waals surface area contributed by atoms with Crippen LogP contribution in [0.3, 0.4) is 0 Å². The first-order valence-corrected chi connectivity index (χ1v) is 9.84. The van der Waals surface area contributed by atoms with E-state index in [4.69, 9.17) is 5.73 Å². The molecule has 1 amide bonds. The molecule has 0 aliphatic carbocycles. The van der Waals surface area contributed by atoms with E-state index in [0.29, 0.717) is 5.69 Å². The van der Waals surface area contributed by atoms with Gasteiger partial charge < -0.3 is 11.1 Å². The average Bonchev–Trinajstić information content (AvgIpc) is 2.60. The van der Waals surface area contributed by atoms with Crippen LogP contribution >= 0.6 is 0 Å². The Kier molecular flexibility index (Phi) is 6.17. The summed E-state index contributed by atoms with van der Waals surface area (Å²) in [5, 5.41) is 2.82. The maximum Gasteiger partial charge on any atom is 0.240 e. The van der Waals surface area contributed by atoms with Crippen molar-refractivity contribution in [1.29, 1.82) is 0 Å². The Morgan fingerprint density at radius 1 is 1.12 bits per heavy atom.